The van der Waals surface area contributed by atoms with Gasteiger partial charge in [0, 0.05) is 12.2 Å². The second kappa shape index (κ2) is 6.47. The van der Waals surface area contributed by atoms with Gasteiger partial charge in [0.15, 0.2) is 0 Å². The molecule has 0 saturated heterocycles. The highest BCUT2D eigenvalue weighted by atomic mass is 35.5. The maximum atomic E-state index is 11.7. The SMILES string of the molecule is CN(C)CCCOC(=O)c1ccc(N)cc1Cl. The van der Waals surface area contributed by atoms with Gasteiger partial charge in [-0.3, -0.25) is 0 Å². The quantitative estimate of drug-likeness (QED) is 0.498. The molecule has 0 heterocycles. The predicted molar refractivity (Wildman–Crippen MR) is 69.3 cm³/mol. The molecule has 0 radical (unpaired) electrons. The first kappa shape index (κ1) is 13.8. The molecule has 0 aliphatic rings. The van der Waals surface area contributed by atoms with Crippen LogP contribution in [-0.4, -0.2) is 38.1 Å². The molecule has 0 aliphatic heterocycles. The van der Waals surface area contributed by atoms with Crippen LogP contribution >= 0.6 is 11.6 Å². The molecule has 1 aromatic rings. The summed E-state index contributed by atoms with van der Waals surface area (Å²) in [4.78, 5) is 13.7. The van der Waals surface area contributed by atoms with E-state index in [1.165, 1.54) is 6.07 Å². The van der Waals surface area contributed by atoms with Gasteiger partial charge in [0.05, 0.1) is 17.2 Å². The van der Waals surface area contributed by atoms with Gasteiger partial charge >= 0.3 is 5.97 Å². The van der Waals surface area contributed by atoms with Crippen LogP contribution in [0.3, 0.4) is 0 Å². The normalized spacial score (nSPS) is 10.6. The van der Waals surface area contributed by atoms with Crippen LogP contribution in [0.25, 0.3) is 0 Å². The Hall–Kier alpha value is -1.26. The van der Waals surface area contributed by atoms with Crippen LogP contribution in [0.4, 0.5) is 5.69 Å². The molecular formula is C12H17ClN2O2. The Balaban J connectivity index is 2.47. The zero-order valence-electron chi connectivity index (χ0n) is 10.1. The first-order chi connectivity index (χ1) is 8.00. The summed E-state index contributed by atoms with van der Waals surface area (Å²) in [5.41, 5.74) is 6.42. The number of carbonyl (C=O) groups excluding carboxylic acids is 1. The maximum Gasteiger partial charge on any atom is 0.339 e. The monoisotopic (exact) mass is 256 g/mol. The fraction of sp³-hybridized carbons (Fsp3) is 0.417. The molecule has 1 rings (SSSR count). The third-order valence-electron chi connectivity index (χ3n) is 2.20. The van der Waals surface area contributed by atoms with Crippen molar-refractivity contribution in [2.24, 2.45) is 0 Å². The molecule has 4 nitrogen and oxygen atoms in total. The number of carbonyl (C=O) groups is 1. The van der Waals surface area contributed by atoms with Crippen molar-refractivity contribution in [3.05, 3.63) is 28.8 Å². The minimum atomic E-state index is -0.409. The van der Waals surface area contributed by atoms with Gasteiger partial charge in [-0.05, 0) is 38.7 Å². The summed E-state index contributed by atoms with van der Waals surface area (Å²) in [5.74, 6) is -0.409. The Morgan fingerprint density at radius 1 is 1.47 bits per heavy atom. The highest BCUT2D eigenvalue weighted by molar-refractivity contribution is 6.33. The van der Waals surface area contributed by atoms with Crippen molar-refractivity contribution in [1.82, 2.24) is 4.90 Å². The van der Waals surface area contributed by atoms with Crippen molar-refractivity contribution >= 4 is 23.3 Å². The van der Waals surface area contributed by atoms with Gasteiger partial charge in [-0.2, -0.15) is 0 Å². The van der Waals surface area contributed by atoms with Gasteiger partial charge in [-0.15, -0.1) is 0 Å². The number of ether oxygens (including phenoxy) is 1. The predicted octanol–water partition coefficient (Wildman–Crippen LogP) is 2.03. The lowest BCUT2D eigenvalue weighted by molar-refractivity contribution is 0.0493. The van der Waals surface area contributed by atoms with Crippen molar-refractivity contribution in [3.63, 3.8) is 0 Å². The summed E-state index contributed by atoms with van der Waals surface area (Å²) in [5, 5.41) is 0.322. The molecule has 94 valence electrons. The van der Waals surface area contributed by atoms with E-state index in [9.17, 15) is 4.79 Å². The minimum Gasteiger partial charge on any atom is -0.462 e. The molecule has 0 fully saturated rings. The molecule has 0 bridgehead atoms. The maximum absolute atomic E-state index is 11.7. The van der Waals surface area contributed by atoms with E-state index in [0.29, 0.717) is 22.9 Å². The summed E-state index contributed by atoms with van der Waals surface area (Å²) in [7, 11) is 3.94. The summed E-state index contributed by atoms with van der Waals surface area (Å²) in [6, 6.07) is 4.74. The number of nitrogens with zero attached hydrogens (tertiary/aromatic N) is 1. The number of hydrogen-bond donors (Lipinski definition) is 1. The molecule has 0 spiro atoms. The lowest BCUT2D eigenvalue weighted by atomic mass is 10.2. The average Bonchev–Trinajstić information content (AvgIpc) is 2.23. The molecule has 1 aromatic carbocycles. The number of benzene rings is 1. The molecular weight excluding hydrogens is 240 g/mol. The molecule has 5 heteroatoms. The number of nitrogens with two attached hydrogens (primary N) is 1. The van der Waals surface area contributed by atoms with Crippen LogP contribution < -0.4 is 5.73 Å². The number of hydrogen-bond acceptors (Lipinski definition) is 4. The fourth-order valence-electron chi connectivity index (χ4n) is 1.32. The van der Waals surface area contributed by atoms with Gasteiger partial charge in [-0.1, -0.05) is 11.6 Å². The second-order valence-electron chi connectivity index (χ2n) is 4.03. The fourth-order valence-corrected chi connectivity index (χ4v) is 1.59. The van der Waals surface area contributed by atoms with Gasteiger partial charge in [0.1, 0.15) is 0 Å². The van der Waals surface area contributed by atoms with Crippen LogP contribution in [0, 0.1) is 0 Å². The molecule has 17 heavy (non-hydrogen) atoms. The highest BCUT2D eigenvalue weighted by Gasteiger charge is 2.11. The lowest BCUT2D eigenvalue weighted by Crippen LogP contribution is -2.16. The Kier molecular flexibility index (Phi) is 5.25. The van der Waals surface area contributed by atoms with Crippen LogP contribution in [0.1, 0.15) is 16.8 Å². The third kappa shape index (κ3) is 4.63. The second-order valence-corrected chi connectivity index (χ2v) is 4.44. The Morgan fingerprint density at radius 2 is 2.18 bits per heavy atom. The van der Waals surface area contributed by atoms with Crippen molar-refractivity contribution in [2.75, 3.05) is 33.0 Å². The molecule has 0 atom stereocenters. The molecule has 0 unspecified atom stereocenters. The van der Waals surface area contributed by atoms with E-state index in [1.807, 2.05) is 19.0 Å². The number of anilines is 1. The van der Waals surface area contributed by atoms with Crippen LogP contribution in [0.5, 0.6) is 0 Å². The standard InChI is InChI=1S/C12H17ClN2O2/c1-15(2)6-3-7-17-12(16)10-5-4-9(14)8-11(10)13/h4-5,8H,3,6-7,14H2,1-2H3. The minimum absolute atomic E-state index is 0.322. The van der Waals surface area contributed by atoms with E-state index in [4.69, 9.17) is 22.1 Å². The molecule has 0 aliphatic carbocycles. The molecule has 0 amide bonds. The van der Waals surface area contributed by atoms with Gasteiger partial charge < -0.3 is 15.4 Å². The van der Waals surface area contributed by atoms with Crippen molar-refractivity contribution in [3.8, 4) is 0 Å². The zero-order chi connectivity index (χ0) is 12.8. The Morgan fingerprint density at radius 3 is 2.76 bits per heavy atom. The summed E-state index contributed by atoms with van der Waals surface area (Å²) in [6.07, 6.45) is 0.797. The van der Waals surface area contributed by atoms with E-state index >= 15 is 0 Å². The number of rotatable bonds is 5. The first-order valence-electron chi connectivity index (χ1n) is 5.37. The van der Waals surface area contributed by atoms with E-state index in [1.54, 1.807) is 12.1 Å². The first-order valence-corrected chi connectivity index (χ1v) is 5.75. The van der Waals surface area contributed by atoms with E-state index in [2.05, 4.69) is 0 Å². The van der Waals surface area contributed by atoms with Crippen molar-refractivity contribution in [2.45, 2.75) is 6.42 Å². The Labute approximate surface area is 106 Å². The van der Waals surface area contributed by atoms with Crippen LogP contribution in [0.2, 0.25) is 5.02 Å². The van der Waals surface area contributed by atoms with Crippen molar-refractivity contribution in [1.29, 1.82) is 0 Å². The van der Waals surface area contributed by atoms with Gasteiger partial charge in [-0.25, -0.2) is 4.79 Å². The van der Waals surface area contributed by atoms with E-state index < -0.39 is 5.97 Å². The van der Waals surface area contributed by atoms with E-state index in [-0.39, 0.29) is 0 Å². The summed E-state index contributed by atoms with van der Waals surface area (Å²) in [6.45, 7) is 1.26. The van der Waals surface area contributed by atoms with E-state index in [0.717, 1.165) is 13.0 Å². The zero-order valence-corrected chi connectivity index (χ0v) is 10.8. The third-order valence-corrected chi connectivity index (χ3v) is 2.51. The topological polar surface area (TPSA) is 55.6 Å². The Bertz CT molecular complexity index is 394. The largest absolute Gasteiger partial charge is 0.462 e. The number of esters is 1. The highest BCUT2D eigenvalue weighted by Crippen LogP contribution is 2.19. The molecule has 2 N–H and O–H groups in total. The summed E-state index contributed by atoms with van der Waals surface area (Å²) >= 11 is 5.90. The number of halogens is 1. The van der Waals surface area contributed by atoms with Crippen LogP contribution in [0.15, 0.2) is 18.2 Å². The van der Waals surface area contributed by atoms with Gasteiger partial charge in [0.2, 0.25) is 0 Å². The number of nitrogen functional groups attached to an aromatic ring is 1. The summed E-state index contributed by atoms with van der Waals surface area (Å²) < 4.78 is 5.11. The molecule has 0 aromatic heterocycles. The lowest BCUT2D eigenvalue weighted by Gasteiger charge is -2.10. The van der Waals surface area contributed by atoms with Crippen molar-refractivity contribution < 1.29 is 9.53 Å². The van der Waals surface area contributed by atoms with Gasteiger partial charge in [0.25, 0.3) is 0 Å². The smallest absolute Gasteiger partial charge is 0.339 e. The molecule has 0 saturated carbocycles. The van der Waals surface area contributed by atoms with Crippen LogP contribution in [-0.2, 0) is 4.74 Å². The average molecular weight is 257 g/mol.